The van der Waals surface area contributed by atoms with E-state index in [1.165, 1.54) is 6.20 Å². The molecule has 7 heteroatoms. The molecule has 0 aliphatic rings. The summed E-state index contributed by atoms with van der Waals surface area (Å²) in [6.07, 6.45) is 1.47. The average Bonchev–Trinajstić information content (AvgIpc) is 2.45. The van der Waals surface area contributed by atoms with Gasteiger partial charge in [0.15, 0.2) is 5.96 Å². The van der Waals surface area contributed by atoms with Gasteiger partial charge in [0, 0.05) is 11.9 Å². The van der Waals surface area contributed by atoms with Crippen molar-refractivity contribution in [2.45, 2.75) is 6.92 Å². The number of rotatable bonds is 5. The molecule has 0 saturated carbocycles. The molecule has 0 aliphatic heterocycles. The van der Waals surface area contributed by atoms with Crippen molar-refractivity contribution in [3.05, 3.63) is 52.1 Å². The summed E-state index contributed by atoms with van der Waals surface area (Å²) in [4.78, 5) is 8.16. The van der Waals surface area contributed by atoms with Crippen LogP contribution in [-0.2, 0) is 0 Å². The standard InChI is InChI=1S/C15H16Cl2N4O/c1-10-3-2-4-12(7-10)21-15(18)19-5-6-22-14-13(17)8-11(16)9-20-14/h2-4,7-9H,5-6H2,1H3,(H3,18,19,21). The van der Waals surface area contributed by atoms with E-state index in [4.69, 9.17) is 33.7 Å². The number of guanidine groups is 1. The van der Waals surface area contributed by atoms with E-state index in [1.807, 2.05) is 31.2 Å². The van der Waals surface area contributed by atoms with Crippen LogP contribution >= 0.6 is 23.2 Å². The van der Waals surface area contributed by atoms with Crippen LogP contribution in [0.25, 0.3) is 0 Å². The number of hydrogen-bond donors (Lipinski definition) is 2. The van der Waals surface area contributed by atoms with Gasteiger partial charge in [-0.3, -0.25) is 0 Å². The summed E-state index contributed by atoms with van der Waals surface area (Å²) in [7, 11) is 0. The van der Waals surface area contributed by atoms with E-state index in [-0.39, 0.29) is 0 Å². The van der Waals surface area contributed by atoms with E-state index in [9.17, 15) is 0 Å². The highest BCUT2D eigenvalue weighted by atomic mass is 35.5. The van der Waals surface area contributed by atoms with E-state index in [0.29, 0.717) is 35.0 Å². The first-order valence-corrected chi connectivity index (χ1v) is 7.37. The predicted octanol–water partition coefficient (Wildman–Crippen LogP) is 3.50. The predicted molar refractivity (Wildman–Crippen MR) is 91.0 cm³/mol. The highest BCUT2D eigenvalue weighted by Gasteiger charge is 2.03. The number of nitrogens with two attached hydrogens (primary N) is 1. The molecule has 22 heavy (non-hydrogen) atoms. The largest absolute Gasteiger partial charge is 0.475 e. The summed E-state index contributed by atoms with van der Waals surface area (Å²) >= 11 is 11.7. The van der Waals surface area contributed by atoms with Crippen molar-refractivity contribution in [1.29, 1.82) is 0 Å². The Morgan fingerprint density at radius 2 is 2.18 bits per heavy atom. The van der Waals surface area contributed by atoms with Crippen molar-refractivity contribution in [3.63, 3.8) is 0 Å². The number of halogens is 2. The number of aliphatic imine (C=N–C) groups is 1. The van der Waals surface area contributed by atoms with Gasteiger partial charge in [-0.05, 0) is 30.7 Å². The number of benzene rings is 1. The quantitative estimate of drug-likeness (QED) is 0.497. The molecule has 1 aromatic heterocycles. The van der Waals surface area contributed by atoms with Crippen LogP contribution in [-0.4, -0.2) is 24.1 Å². The topological polar surface area (TPSA) is 72.5 Å². The minimum absolute atomic E-state index is 0.310. The van der Waals surface area contributed by atoms with Crippen molar-refractivity contribution in [3.8, 4) is 5.88 Å². The van der Waals surface area contributed by atoms with Gasteiger partial charge in [-0.1, -0.05) is 35.3 Å². The number of hydrogen-bond acceptors (Lipinski definition) is 3. The molecule has 0 unspecified atom stereocenters. The molecule has 0 amide bonds. The van der Waals surface area contributed by atoms with E-state index >= 15 is 0 Å². The summed E-state index contributed by atoms with van der Waals surface area (Å²) in [5.74, 6) is 0.649. The Morgan fingerprint density at radius 3 is 2.91 bits per heavy atom. The molecule has 5 nitrogen and oxygen atoms in total. The lowest BCUT2D eigenvalue weighted by Gasteiger charge is -2.07. The first-order chi connectivity index (χ1) is 10.5. The summed E-state index contributed by atoms with van der Waals surface area (Å²) < 4.78 is 5.42. The normalized spacial score (nSPS) is 11.3. The lowest BCUT2D eigenvalue weighted by atomic mass is 10.2. The summed E-state index contributed by atoms with van der Waals surface area (Å²) in [6, 6.07) is 9.43. The molecule has 0 radical (unpaired) electrons. The maximum absolute atomic E-state index is 5.95. The number of pyridine rings is 1. The van der Waals surface area contributed by atoms with E-state index in [2.05, 4.69) is 15.3 Å². The van der Waals surface area contributed by atoms with Gasteiger partial charge in [0.2, 0.25) is 5.88 Å². The third-order valence-corrected chi connectivity index (χ3v) is 3.15. The molecule has 0 aliphatic carbocycles. The SMILES string of the molecule is Cc1cccc(NC(N)=NCCOc2ncc(Cl)cc2Cl)c1. The monoisotopic (exact) mass is 338 g/mol. The lowest BCUT2D eigenvalue weighted by Crippen LogP contribution is -2.23. The molecule has 2 aromatic rings. The van der Waals surface area contributed by atoms with Gasteiger partial charge in [0.25, 0.3) is 0 Å². The van der Waals surface area contributed by atoms with Crippen LogP contribution in [0.2, 0.25) is 10.0 Å². The molecule has 1 heterocycles. The summed E-state index contributed by atoms with van der Waals surface area (Å²) in [5, 5.41) is 3.84. The number of aryl methyl sites for hydroxylation is 1. The summed E-state index contributed by atoms with van der Waals surface area (Å²) in [6.45, 7) is 2.70. The smallest absolute Gasteiger partial charge is 0.232 e. The number of nitrogens with zero attached hydrogens (tertiary/aromatic N) is 2. The molecule has 0 fully saturated rings. The van der Waals surface area contributed by atoms with Crippen molar-refractivity contribution >= 4 is 34.8 Å². The van der Waals surface area contributed by atoms with Crippen LogP contribution in [0.1, 0.15) is 5.56 Å². The molecule has 116 valence electrons. The third-order valence-electron chi connectivity index (χ3n) is 2.68. The van der Waals surface area contributed by atoms with Crippen LogP contribution in [0.3, 0.4) is 0 Å². The second-order valence-electron chi connectivity index (χ2n) is 4.55. The Morgan fingerprint density at radius 1 is 1.36 bits per heavy atom. The van der Waals surface area contributed by atoms with Gasteiger partial charge in [-0.2, -0.15) is 0 Å². The average molecular weight is 339 g/mol. The van der Waals surface area contributed by atoms with Crippen LogP contribution < -0.4 is 15.8 Å². The van der Waals surface area contributed by atoms with E-state index in [0.717, 1.165) is 11.3 Å². The molecule has 1 aromatic carbocycles. The number of nitrogens with one attached hydrogen (secondary N) is 1. The number of ether oxygens (including phenoxy) is 1. The van der Waals surface area contributed by atoms with Crippen LogP contribution in [0, 0.1) is 6.92 Å². The molecular weight excluding hydrogens is 323 g/mol. The Hall–Kier alpha value is -1.98. The summed E-state index contributed by atoms with van der Waals surface area (Å²) in [5.41, 5.74) is 7.85. The van der Waals surface area contributed by atoms with Crippen LogP contribution in [0.15, 0.2) is 41.5 Å². The Labute approximate surface area is 139 Å². The zero-order valence-corrected chi connectivity index (χ0v) is 13.5. The van der Waals surface area contributed by atoms with Crippen molar-refractivity contribution in [1.82, 2.24) is 4.98 Å². The fraction of sp³-hybridized carbons (Fsp3) is 0.200. The Kier molecular flexibility index (Phi) is 5.86. The molecule has 0 bridgehead atoms. The Bertz CT molecular complexity index is 676. The van der Waals surface area contributed by atoms with Crippen LogP contribution in [0.4, 0.5) is 5.69 Å². The maximum atomic E-state index is 5.95. The van der Waals surface area contributed by atoms with Gasteiger partial charge >= 0.3 is 0 Å². The zero-order chi connectivity index (χ0) is 15.9. The minimum atomic E-state index is 0.310. The highest BCUT2D eigenvalue weighted by Crippen LogP contribution is 2.24. The highest BCUT2D eigenvalue weighted by molar-refractivity contribution is 6.35. The minimum Gasteiger partial charge on any atom is -0.475 e. The second-order valence-corrected chi connectivity index (χ2v) is 5.39. The first kappa shape index (κ1) is 16.4. The maximum Gasteiger partial charge on any atom is 0.232 e. The molecule has 3 N–H and O–H groups in total. The van der Waals surface area contributed by atoms with Gasteiger partial charge < -0.3 is 15.8 Å². The van der Waals surface area contributed by atoms with Gasteiger partial charge in [0.05, 0.1) is 11.6 Å². The van der Waals surface area contributed by atoms with Crippen molar-refractivity contribution in [2.75, 3.05) is 18.5 Å². The van der Waals surface area contributed by atoms with Gasteiger partial charge in [-0.15, -0.1) is 0 Å². The van der Waals surface area contributed by atoms with E-state index < -0.39 is 0 Å². The Balaban J connectivity index is 1.81. The van der Waals surface area contributed by atoms with Crippen molar-refractivity contribution in [2.24, 2.45) is 10.7 Å². The van der Waals surface area contributed by atoms with Crippen molar-refractivity contribution < 1.29 is 4.74 Å². The molecule has 0 spiro atoms. The number of anilines is 1. The number of aromatic nitrogens is 1. The molecule has 0 saturated heterocycles. The van der Waals surface area contributed by atoms with Crippen LogP contribution in [0.5, 0.6) is 5.88 Å². The second kappa shape index (κ2) is 7.87. The third kappa shape index (κ3) is 5.09. The fourth-order valence-corrected chi connectivity index (χ4v) is 2.16. The first-order valence-electron chi connectivity index (χ1n) is 6.62. The van der Waals surface area contributed by atoms with E-state index in [1.54, 1.807) is 6.07 Å². The van der Waals surface area contributed by atoms with Gasteiger partial charge in [-0.25, -0.2) is 9.98 Å². The molecular formula is C15H16Cl2N4O. The van der Waals surface area contributed by atoms with Gasteiger partial charge in [0.1, 0.15) is 11.6 Å². The lowest BCUT2D eigenvalue weighted by molar-refractivity contribution is 0.316. The molecule has 2 rings (SSSR count). The molecule has 0 atom stereocenters. The zero-order valence-electron chi connectivity index (χ0n) is 12.0. The fourth-order valence-electron chi connectivity index (χ4n) is 1.73.